The SMILES string of the molecule is CC[C@H]1[C@@H](O)C2C3CC[C@H]([C@H](C)C(F)(F)C(=O)O)[C@@]3(C)CCC2[C@@]2(C)CC[C@@H](O)C[C@@H]12. The number of carboxylic acids is 1. The van der Waals surface area contributed by atoms with E-state index in [0.717, 1.165) is 44.9 Å². The van der Waals surface area contributed by atoms with Crippen LogP contribution < -0.4 is 0 Å². The third-order valence-electron chi connectivity index (χ3n) is 10.9. The van der Waals surface area contributed by atoms with Gasteiger partial charge in [-0.3, -0.25) is 0 Å². The van der Waals surface area contributed by atoms with E-state index in [4.69, 9.17) is 5.11 Å². The van der Waals surface area contributed by atoms with Crippen molar-refractivity contribution in [3.63, 3.8) is 0 Å². The highest BCUT2D eigenvalue weighted by atomic mass is 19.3. The van der Waals surface area contributed by atoms with Crippen LogP contribution in [-0.4, -0.2) is 39.4 Å². The molecule has 3 unspecified atom stereocenters. The summed E-state index contributed by atoms with van der Waals surface area (Å²) < 4.78 is 29.0. The third-order valence-corrected chi connectivity index (χ3v) is 10.9. The molecule has 3 N–H and O–H groups in total. The van der Waals surface area contributed by atoms with Crippen molar-refractivity contribution < 1.29 is 28.9 Å². The molecule has 178 valence electrons. The summed E-state index contributed by atoms with van der Waals surface area (Å²) in [4.78, 5) is 11.3. The molecule has 0 amide bonds. The number of fused-ring (bicyclic) bond motifs is 5. The monoisotopic (exact) mass is 442 g/mol. The second-order valence-electron chi connectivity index (χ2n) is 11.8. The predicted octanol–water partition coefficient (Wildman–Crippen LogP) is 4.97. The number of carbonyl (C=O) groups is 1. The van der Waals surface area contributed by atoms with Crippen molar-refractivity contribution >= 4 is 5.97 Å². The zero-order chi connectivity index (χ0) is 22.9. The Morgan fingerprint density at radius 2 is 1.65 bits per heavy atom. The standard InChI is InChI=1S/C25H40F2O4/c1-5-15-19-12-14(28)8-10-24(19,4)18-9-11-23(3)16(13(2)25(26,27)22(30)31)6-7-17(23)20(18)21(15)29/h13-21,28-29H,5-12H2,1-4H3,(H,30,31)/t13-,14+,15+,16+,17?,18?,19-,20?,21+,23+,24+/m0/s1. The van der Waals surface area contributed by atoms with E-state index in [-0.39, 0.29) is 40.6 Å². The lowest BCUT2D eigenvalue weighted by molar-refractivity contribution is -0.208. The molecular weight excluding hydrogens is 402 g/mol. The average Bonchev–Trinajstić information content (AvgIpc) is 3.05. The minimum Gasteiger partial charge on any atom is -0.477 e. The summed E-state index contributed by atoms with van der Waals surface area (Å²) in [5, 5.41) is 31.1. The van der Waals surface area contributed by atoms with Crippen LogP contribution in [0.3, 0.4) is 0 Å². The Morgan fingerprint density at radius 1 is 1.03 bits per heavy atom. The molecule has 0 aromatic carbocycles. The molecule has 0 radical (unpaired) electrons. The number of halogens is 2. The van der Waals surface area contributed by atoms with Crippen molar-refractivity contribution in [2.24, 2.45) is 52.3 Å². The lowest BCUT2D eigenvalue weighted by atomic mass is 9.41. The van der Waals surface area contributed by atoms with E-state index in [9.17, 15) is 23.8 Å². The van der Waals surface area contributed by atoms with Crippen molar-refractivity contribution in [2.75, 3.05) is 0 Å². The summed E-state index contributed by atoms with van der Waals surface area (Å²) in [5.74, 6) is -6.33. The van der Waals surface area contributed by atoms with E-state index in [1.165, 1.54) is 6.92 Å². The Bertz CT molecular complexity index is 714. The summed E-state index contributed by atoms with van der Waals surface area (Å²) in [6.45, 7) is 7.97. The summed E-state index contributed by atoms with van der Waals surface area (Å²) in [6, 6.07) is 0. The van der Waals surface area contributed by atoms with Crippen LogP contribution in [-0.2, 0) is 4.79 Å². The van der Waals surface area contributed by atoms with Crippen molar-refractivity contribution in [1.82, 2.24) is 0 Å². The number of hydrogen-bond donors (Lipinski definition) is 3. The van der Waals surface area contributed by atoms with Gasteiger partial charge in [-0.2, -0.15) is 8.78 Å². The highest BCUT2D eigenvalue weighted by molar-refractivity contribution is 5.75. The van der Waals surface area contributed by atoms with Gasteiger partial charge in [0, 0.05) is 5.92 Å². The maximum atomic E-state index is 14.5. The van der Waals surface area contributed by atoms with Gasteiger partial charge in [0.25, 0.3) is 0 Å². The van der Waals surface area contributed by atoms with Crippen molar-refractivity contribution in [3.8, 4) is 0 Å². The number of aliphatic hydroxyl groups excluding tert-OH is 2. The van der Waals surface area contributed by atoms with Gasteiger partial charge in [-0.15, -0.1) is 0 Å². The largest absolute Gasteiger partial charge is 0.477 e. The molecule has 0 saturated heterocycles. The molecule has 4 saturated carbocycles. The summed E-state index contributed by atoms with van der Waals surface area (Å²) in [6.07, 6.45) is 5.72. The minimum atomic E-state index is -3.73. The van der Waals surface area contributed by atoms with Gasteiger partial charge in [-0.05, 0) is 91.3 Å². The Kier molecular flexibility index (Phi) is 5.77. The summed E-state index contributed by atoms with van der Waals surface area (Å²) >= 11 is 0. The van der Waals surface area contributed by atoms with Crippen LogP contribution >= 0.6 is 0 Å². The lowest BCUT2D eigenvalue weighted by Gasteiger charge is -2.64. The maximum Gasteiger partial charge on any atom is 0.374 e. The van der Waals surface area contributed by atoms with Crippen LogP contribution in [0.1, 0.15) is 79.1 Å². The molecule has 0 aromatic heterocycles. The number of aliphatic carboxylic acids is 1. The quantitative estimate of drug-likeness (QED) is 0.574. The number of rotatable bonds is 4. The van der Waals surface area contributed by atoms with Gasteiger partial charge in [0.15, 0.2) is 0 Å². The predicted molar refractivity (Wildman–Crippen MR) is 114 cm³/mol. The van der Waals surface area contributed by atoms with E-state index < -0.39 is 23.9 Å². The smallest absolute Gasteiger partial charge is 0.374 e. The molecule has 0 spiro atoms. The van der Waals surface area contributed by atoms with Gasteiger partial charge in [-0.1, -0.05) is 34.1 Å². The summed E-state index contributed by atoms with van der Waals surface area (Å²) in [7, 11) is 0. The summed E-state index contributed by atoms with van der Waals surface area (Å²) in [5.41, 5.74) is -0.296. The first-order chi connectivity index (χ1) is 14.4. The Balaban J connectivity index is 1.68. The first kappa shape index (κ1) is 23.4. The Hall–Kier alpha value is -0.750. The van der Waals surface area contributed by atoms with Crippen LogP contribution in [0.4, 0.5) is 8.78 Å². The van der Waals surface area contributed by atoms with E-state index in [0.29, 0.717) is 18.3 Å². The van der Waals surface area contributed by atoms with Crippen LogP contribution in [0.25, 0.3) is 0 Å². The van der Waals surface area contributed by atoms with Gasteiger partial charge in [0.1, 0.15) is 0 Å². The van der Waals surface area contributed by atoms with E-state index in [1.54, 1.807) is 0 Å². The fourth-order valence-electron chi connectivity index (χ4n) is 9.27. The average molecular weight is 443 g/mol. The molecule has 4 aliphatic rings. The van der Waals surface area contributed by atoms with Gasteiger partial charge >= 0.3 is 11.9 Å². The number of hydrogen-bond acceptors (Lipinski definition) is 3. The molecule has 31 heavy (non-hydrogen) atoms. The number of alkyl halides is 2. The van der Waals surface area contributed by atoms with E-state index in [2.05, 4.69) is 20.8 Å². The van der Waals surface area contributed by atoms with Gasteiger partial charge in [0.2, 0.25) is 0 Å². The molecule has 4 aliphatic carbocycles. The lowest BCUT2D eigenvalue weighted by Crippen LogP contribution is -2.62. The number of carboxylic acid groups (broad SMARTS) is 1. The fraction of sp³-hybridized carbons (Fsp3) is 0.960. The zero-order valence-electron chi connectivity index (χ0n) is 19.4. The molecule has 0 aliphatic heterocycles. The number of aliphatic hydroxyl groups is 2. The normalized spacial score (nSPS) is 50.8. The second-order valence-corrected chi connectivity index (χ2v) is 11.8. The molecule has 11 atom stereocenters. The fourth-order valence-corrected chi connectivity index (χ4v) is 9.27. The third kappa shape index (κ3) is 3.21. The van der Waals surface area contributed by atoms with Gasteiger partial charge in [0.05, 0.1) is 12.2 Å². The second kappa shape index (κ2) is 7.65. The minimum absolute atomic E-state index is 0.0693. The molecule has 4 rings (SSSR count). The van der Waals surface area contributed by atoms with Crippen molar-refractivity contribution in [1.29, 1.82) is 0 Å². The first-order valence-corrected chi connectivity index (χ1v) is 12.4. The molecule has 0 heterocycles. The molecule has 4 nitrogen and oxygen atoms in total. The van der Waals surface area contributed by atoms with E-state index >= 15 is 0 Å². The Morgan fingerprint density at radius 3 is 2.26 bits per heavy atom. The zero-order valence-corrected chi connectivity index (χ0v) is 19.4. The maximum absolute atomic E-state index is 14.5. The van der Waals surface area contributed by atoms with Crippen LogP contribution in [0.5, 0.6) is 0 Å². The Labute approximate surface area is 184 Å². The van der Waals surface area contributed by atoms with Crippen molar-refractivity contribution in [3.05, 3.63) is 0 Å². The first-order valence-electron chi connectivity index (χ1n) is 12.4. The highest BCUT2D eigenvalue weighted by Gasteiger charge is 2.66. The molecule has 6 heteroatoms. The van der Waals surface area contributed by atoms with E-state index in [1.807, 2.05) is 0 Å². The topological polar surface area (TPSA) is 77.8 Å². The van der Waals surface area contributed by atoms with Gasteiger partial charge < -0.3 is 15.3 Å². The van der Waals surface area contributed by atoms with Crippen LogP contribution in [0.2, 0.25) is 0 Å². The van der Waals surface area contributed by atoms with Crippen LogP contribution in [0, 0.1) is 52.3 Å². The highest BCUT2D eigenvalue weighted by Crippen LogP contribution is 2.69. The van der Waals surface area contributed by atoms with Crippen molar-refractivity contribution in [2.45, 2.75) is 97.2 Å². The molecule has 4 fully saturated rings. The van der Waals surface area contributed by atoms with Crippen LogP contribution in [0.15, 0.2) is 0 Å². The molecule has 0 aromatic rings. The molecule has 0 bridgehead atoms. The van der Waals surface area contributed by atoms with Gasteiger partial charge in [-0.25, -0.2) is 4.79 Å². The molecular formula is C25H40F2O4.